The molecule has 0 aromatic carbocycles. The molecule has 1 amide bonds. The molecule has 1 heterocycles. The first kappa shape index (κ1) is 14.9. The summed E-state index contributed by atoms with van der Waals surface area (Å²) in [7, 11) is 0. The van der Waals surface area contributed by atoms with Crippen LogP contribution in [0.1, 0.15) is 27.2 Å². The van der Waals surface area contributed by atoms with Crippen LogP contribution in [0, 0.1) is 5.92 Å². The number of halogens is 3. The Morgan fingerprint density at radius 1 is 1.39 bits per heavy atom. The molecule has 3 nitrogen and oxygen atoms in total. The maximum atomic E-state index is 12.1. The number of ether oxygens (including phenoxy) is 1. The first-order valence-corrected chi connectivity index (χ1v) is 5.94. The molecule has 0 N–H and O–H groups in total. The normalized spacial score (nSPS) is 21.7. The maximum absolute atomic E-state index is 12.1. The first-order chi connectivity index (χ1) is 8.07. The van der Waals surface area contributed by atoms with Gasteiger partial charge in [0.1, 0.15) is 5.60 Å². The highest BCUT2D eigenvalue weighted by Crippen LogP contribution is 2.22. The van der Waals surface area contributed by atoms with E-state index < -0.39 is 18.7 Å². The molecule has 1 unspecified atom stereocenters. The fourth-order valence-corrected chi connectivity index (χ4v) is 1.72. The Labute approximate surface area is 105 Å². The molecule has 0 radical (unpaired) electrons. The molecule has 7 heteroatoms. The summed E-state index contributed by atoms with van der Waals surface area (Å²) >= 11 is 0. The lowest BCUT2D eigenvalue weighted by molar-refractivity contribution is 0.0291. The number of rotatable bonds is 2. The summed E-state index contributed by atoms with van der Waals surface area (Å²) < 4.78 is 41.3. The Bertz CT molecular complexity index is 336. The Hall–Kier alpha value is -1.14. The molecular formula is C11H18BF3NO2-. The first-order valence-electron chi connectivity index (χ1n) is 5.94. The van der Waals surface area contributed by atoms with Gasteiger partial charge in [0.25, 0.3) is 0 Å². The average molecular weight is 264 g/mol. The number of nitrogens with zero attached hydrogens (tertiary/aromatic N) is 1. The fraction of sp³-hybridized carbons (Fsp3) is 0.727. The molecule has 0 bridgehead atoms. The van der Waals surface area contributed by atoms with Gasteiger partial charge in [0.05, 0.1) is 0 Å². The van der Waals surface area contributed by atoms with Crippen molar-refractivity contribution in [2.45, 2.75) is 32.8 Å². The van der Waals surface area contributed by atoms with Crippen molar-refractivity contribution >= 4 is 13.1 Å². The zero-order valence-electron chi connectivity index (χ0n) is 10.8. The molecular weight excluding hydrogens is 246 g/mol. The second-order valence-electron chi connectivity index (χ2n) is 5.49. The van der Waals surface area contributed by atoms with E-state index in [0.717, 1.165) is 6.08 Å². The lowest BCUT2D eigenvalue weighted by atomic mass is 9.89. The van der Waals surface area contributed by atoms with E-state index in [1.54, 1.807) is 20.8 Å². The minimum Gasteiger partial charge on any atom is -0.445 e. The SMILES string of the molecule is CC(C)(C)OC(=O)N1CCC(/C=C/[B-](F)(F)F)C1. The maximum Gasteiger partial charge on any atom is 0.502 e. The smallest absolute Gasteiger partial charge is 0.445 e. The van der Waals surface area contributed by atoms with Crippen LogP contribution in [0.2, 0.25) is 0 Å². The minimum atomic E-state index is -4.89. The van der Waals surface area contributed by atoms with Crippen LogP contribution in [0.3, 0.4) is 0 Å². The predicted molar refractivity (Wildman–Crippen MR) is 64.1 cm³/mol. The summed E-state index contributed by atoms with van der Waals surface area (Å²) in [6.07, 6.45) is 1.22. The van der Waals surface area contributed by atoms with Crippen LogP contribution in [0.15, 0.2) is 12.1 Å². The largest absolute Gasteiger partial charge is 0.502 e. The summed E-state index contributed by atoms with van der Waals surface area (Å²) in [5, 5.41) is 0. The van der Waals surface area contributed by atoms with E-state index in [2.05, 4.69) is 0 Å². The van der Waals surface area contributed by atoms with Crippen molar-refractivity contribution in [2.75, 3.05) is 13.1 Å². The van der Waals surface area contributed by atoms with Gasteiger partial charge in [-0.25, -0.2) is 4.79 Å². The van der Waals surface area contributed by atoms with Crippen LogP contribution in [-0.4, -0.2) is 36.7 Å². The molecule has 0 aromatic heterocycles. The fourth-order valence-electron chi connectivity index (χ4n) is 1.72. The van der Waals surface area contributed by atoms with Crippen LogP contribution in [0.4, 0.5) is 17.7 Å². The molecule has 18 heavy (non-hydrogen) atoms. The molecule has 1 atom stereocenters. The summed E-state index contributed by atoms with van der Waals surface area (Å²) in [6, 6.07) is 0. The van der Waals surface area contributed by atoms with Gasteiger partial charge in [-0.3, -0.25) is 0 Å². The molecule has 0 spiro atoms. The molecule has 1 saturated heterocycles. The van der Waals surface area contributed by atoms with Gasteiger partial charge in [0.15, 0.2) is 0 Å². The van der Waals surface area contributed by atoms with E-state index in [0.29, 0.717) is 18.9 Å². The highest BCUT2D eigenvalue weighted by molar-refractivity contribution is 6.64. The Kier molecular flexibility index (Phi) is 4.34. The second-order valence-corrected chi connectivity index (χ2v) is 5.49. The lowest BCUT2D eigenvalue weighted by Crippen LogP contribution is -2.35. The van der Waals surface area contributed by atoms with E-state index in [9.17, 15) is 17.7 Å². The highest BCUT2D eigenvalue weighted by Gasteiger charge is 2.29. The number of hydrogen-bond donors (Lipinski definition) is 0. The molecule has 0 aromatic rings. The minimum absolute atomic E-state index is 0.235. The van der Waals surface area contributed by atoms with Gasteiger partial charge < -0.3 is 22.6 Å². The topological polar surface area (TPSA) is 29.5 Å². The zero-order valence-corrected chi connectivity index (χ0v) is 10.8. The third kappa shape index (κ3) is 5.47. The number of likely N-dealkylation sites (tertiary alicyclic amines) is 1. The highest BCUT2D eigenvalue weighted by atomic mass is 19.4. The van der Waals surface area contributed by atoms with Gasteiger partial charge in [-0.15, -0.1) is 12.1 Å². The third-order valence-corrected chi connectivity index (χ3v) is 2.48. The van der Waals surface area contributed by atoms with Crippen molar-refractivity contribution in [3.63, 3.8) is 0 Å². The molecule has 0 saturated carbocycles. The standard InChI is InChI=1S/C11H18BF3NO2/c1-11(2,3)18-10(17)16-7-5-9(8-16)4-6-12(13,14)15/h4,6,9H,5,7-8H2,1-3H3/q-1/b6-4+. The van der Waals surface area contributed by atoms with Crippen molar-refractivity contribution in [1.82, 2.24) is 4.90 Å². The molecule has 1 aliphatic heterocycles. The number of carbonyl (C=O) groups excluding carboxylic acids is 1. The third-order valence-electron chi connectivity index (χ3n) is 2.48. The number of carbonyl (C=O) groups is 1. The van der Waals surface area contributed by atoms with Crippen LogP contribution in [-0.2, 0) is 4.74 Å². The lowest BCUT2D eigenvalue weighted by Gasteiger charge is -2.24. The molecule has 0 aliphatic carbocycles. The van der Waals surface area contributed by atoms with Crippen LogP contribution >= 0.6 is 0 Å². The van der Waals surface area contributed by atoms with E-state index in [1.165, 1.54) is 4.90 Å². The Morgan fingerprint density at radius 3 is 2.50 bits per heavy atom. The van der Waals surface area contributed by atoms with Crippen molar-refractivity contribution in [3.05, 3.63) is 12.1 Å². The molecule has 1 fully saturated rings. The summed E-state index contributed by atoms with van der Waals surface area (Å²) in [5.74, 6) is 0.0597. The van der Waals surface area contributed by atoms with Crippen LogP contribution in [0.5, 0.6) is 0 Å². The van der Waals surface area contributed by atoms with Gasteiger partial charge in [-0.05, 0) is 33.1 Å². The average Bonchev–Trinajstić information content (AvgIpc) is 2.58. The van der Waals surface area contributed by atoms with E-state index in [4.69, 9.17) is 4.74 Å². The monoisotopic (exact) mass is 264 g/mol. The van der Waals surface area contributed by atoms with Gasteiger partial charge in [0, 0.05) is 13.1 Å². The summed E-state index contributed by atoms with van der Waals surface area (Å²) in [4.78, 5) is 13.1. The molecule has 1 rings (SSSR count). The zero-order chi connectivity index (χ0) is 14.0. The van der Waals surface area contributed by atoms with Gasteiger partial charge in [-0.2, -0.15) is 0 Å². The van der Waals surface area contributed by atoms with Crippen LogP contribution in [0.25, 0.3) is 0 Å². The Morgan fingerprint density at radius 2 is 2.00 bits per heavy atom. The van der Waals surface area contributed by atoms with Crippen molar-refractivity contribution in [1.29, 1.82) is 0 Å². The summed E-state index contributed by atoms with van der Waals surface area (Å²) in [6.45, 7) is 1.10. The van der Waals surface area contributed by atoms with Crippen molar-refractivity contribution in [3.8, 4) is 0 Å². The molecule has 104 valence electrons. The van der Waals surface area contributed by atoms with Crippen molar-refractivity contribution in [2.24, 2.45) is 5.92 Å². The van der Waals surface area contributed by atoms with Gasteiger partial charge >= 0.3 is 13.1 Å². The number of hydrogen-bond acceptors (Lipinski definition) is 2. The van der Waals surface area contributed by atoms with E-state index >= 15 is 0 Å². The summed E-state index contributed by atoms with van der Waals surface area (Å²) in [5.41, 5.74) is -0.583. The molecule has 1 aliphatic rings. The quantitative estimate of drug-likeness (QED) is 0.717. The van der Waals surface area contributed by atoms with E-state index in [-0.39, 0.29) is 12.5 Å². The van der Waals surface area contributed by atoms with E-state index in [1.807, 2.05) is 0 Å². The van der Waals surface area contributed by atoms with Crippen molar-refractivity contribution < 1.29 is 22.5 Å². The predicted octanol–water partition coefficient (Wildman–Crippen LogP) is 3.19. The van der Waals surface area contributed by atoms with Gasteiger partial charge in [0.2, 0.25) is 0 Å². The number of amides is 1. The van der Waals surface area contributed by atoms with Gasteiger partial charge in [-0.1, -0.05) is 0 Å². The Balaban J connectivity index is 2.47. The second kappa shape index (κ2) is 5.24. The van der Waals surface area contributed by atoms with Crippen LogP contribution < -0.4 is 0 Å².